The molecule has 10 heteroatoms. The number of ether oxygens (including phenoxy) is 2. The summed E-state index contributed by atoms with van der Waals surface area (Å²) >= 11 is 2.69. The van der Waals surface area contributed by atoms with Gasteiger partial charge in [0.2, 0.25) is 5.91 Å². The molecule has 0 radical (unpaired) electrons. The van der Waals surface area contributed by atoms with Crippen LogP contribution >= 0.6 is 23.1 Å². The Kier molecular flexibility index (Phi) is 8.17. The van der Waals surface area contributed by atoms with E-state index in [4.69, 9.17) is 9.47 Å². The Hall–Kier alpha value is -3.63. The quantitative estimate of drug-likeness (QED) is 0.213. The molecule has 4 aromatic rings. The van der Waals surface area contributed by atoms with Crippen molar-refractivity contribution in [3.63, 3.8) is 0 Å². The van der Waals surface area contributed by atoms with E-state index in [1.54, 1.807) is 13.2 Å². The van der Waals surface area contributed by atoms with E-state index < -0.39 is 0 Å². The Balaban J connectivity index is 1.37. The van der Waals surface area contributed by atoms with Gasteiger partial charge < -0.3 is 14.8 Å². The molecule has 1 atom stereocenters. The molecule has 0 spiro atoms. The fourth-order valence-corrected chi connectivity index (χ4v) is 4.77. The number of hydrogen-bond donors (Lipinski definition) is 1. The van der Waals surface area contributed by atoms with Crippen LogP contribution in [0.25, 0.3) is 11.3 Å². The van der Waals surface area contributed by atoms with Gasteiger partial charge in [-0.25, -0.2) is 4.98 Å². The predicted octanol–water partition coefficient (Wildman–Crippen LogP) is 5.47. The summed E-state index contributed by atoms with van der Waals surface area (Å²) in [6.45, 7) is 6.23. The number of anilines is 1. The third kappa shape index (κ3) is 6.28. The summed E-state index contributed by atoms with van der Waals surface area (Å²) in [5.41, 5.74) is 1.84. The zero-order valence-electron chi connectivity index (χ0n) is 19.4. The summed E-state index contributed by atoms with van der Waals surface area (Å²) in [5, 5.41) is 14.6. The third-order valence-electron chi connectivity index (χ3n) is 4.95. The van der Waals surface area contributed by atoms with Crippen LogP contribution in [0.3, 0.4) is 0 Å². The maximum absolute atomic E-state index is 12.6. The largest absolute Gasteiger partial charge is 0.497 e. The lowest BCUT2D eigenvalue weighted by Crippen LogP contribution is -2.15. The van der Waals surface area contributed by atoms with Crippen molar-refractivity contribution < 1.29 is 14.3 Å². The average Bonchev–Trinajstić information content (AvgIpc) is 3.51. The number of nitrogens with one attached hydrogen (secondary N) is 1. The van der Waals surface area contributed by atoms with Crippen LogP contribution in [0.4, 0.5) is 5.13 Å². The van der Waals surface area contributed by atoms with Crippen LogP contribution in [0.15, 0.2) is 77.8 Å². The van der Waals surface area contributed by atoms with Gasteiger partial charge in [0.15, 0.2) is 22.2 Å². The lowest BCUT2D eigenvalue weighted by molar-refractivity contribution is -0.113. The minimum Gasteiger partial charge on any atom is -0.497 e. The number of carbonyl (C=O) groups excluding carboxylic acids is 1. The van der Waals surface area contributed by atoms with Gasteiger partial charge >= 0.3 is 0 Å². The molecule has 180 valence electrons. The molecule has 2 aromatic carbocycles. The molecule has 2 aromatic heterocycles. The molecule has 0 aliphatic heterocycles. The first-order valence-corrected chi connectivity index (χ1v) is 12.7. The summed E-state index contributed by atoms with van der Waals surface area (Å²) in [7, 11) is 1.62. The molecular weight excluding hydrogens is 482 g/mol. The molecule has 0 saturated carbocycles. The summed E-state index contributed by atoms with van der Waals surface area (Å²) in [6.07, 6.45) is 1.41. The van der Waals surface area contributed by atoms with E-state index in [-0.39, 0.29) is 17.8 Å². The average molecular weight is 508 g/mol. The fourth-order valence-electron chi connectivity index (χ4n) is 3.28. The van der Waals surface area contributed by atoms with Crippen molar-refractivity contribution in [2.75, 3.05) is 18.2 Å². The van der Waals surface area contributed by atoms with Crippen LogP contribution in [0.5, 0.6) is 11.5 Å². The molecule has 2 heterocycles. The molecule has 0 fully saturated rings. The lowest BCUT2D eigenvalue weighted by atomic mass is 10.2. The highest BCUT2D eigenvalue weighted by Gasteiger charge is 2.20. The number of thioether (sulfide) groups is 1. The SMILES string of the molecule is C=CCn1c(SCC(=O)Nc2nc(-c3ccccc3)cs2)nnc1C(C)Oc1ccc(OC)cc1. The second-order valence-corrected chi connectivity index (χ2v) is 9.22. The molecule has 1 N–H and O–H groups in total. The number of benzene rings is 2. The van der Waals surface area contributed by atoms with Gasteiger partial charge in [0.25, 0.3) is 0 Å². The third-order valence-corrected chi connectivity index (χ3v) is 6.67. The van der Waals surface area contributed by atoms with Crippen molar-refractivity contribution in [2.24, 2.45) is 0 Å². The fraction of sp³-hybridized carbons (Fsp3) is 0.200. The van der Waals surface area contributed by atoms with E-state index in [1.807, 2.05) is 71.5 Å². The number of aromatic nitrogens is 4. The van der Waals surface area contributed by atoms with Gasteiger partial charge in [0, 0.05) is 17.5 Å². The number of nitrogens with zero attached hydrogens (tertiary/aromatic N) is 4. The van der Waals surface area contributed by atoms with Crippen molar-refractivity contribution in [1.82, 2.24) is 19.7 Å². The number of thiazole rings is 1. The number of amides is 1. The van der Waals surface area contributed by atoms with Crippen LogP contribution in [0.1, 0.15) is 18.9 Å². The number of carbonyl (C=O) groups is 1. The molecule has 0 aliphatic carbocycles. The van der Waals surface area contributed by atoms with Crippen LogP contribution in [0, 0.1) is 0 Å². The van der Waals surface area contributed by atoms with Crippen LogP contribution in [0.2, 0.25) is 0 Å². The van der Waals surface area contributed by atoms with Crippen molar-refractivity contribution in [2.45, 2.75) is 24.7 Å². The first-order valence-electron chi connectivity index (χ1n) is 10.9. The molecule has 1 amide bonds. The summed E-state index contributed by atoms with van der Waals surface area (Å²) in [6, 6.07) is 17.2. The Morgan fingerprint density at radius 2 is 1.91 bits per heavy atom. The molecule has 0 aliphatic rings. The highest BCUT2D eigenvalue weighted by atomic mass is 32.2. The number of hydrogen-bond acceptors (Lipinski definition) is 8. The number of methoxy groups -OCH3 is 1. The van der Waals surface area contributed by atoms with Crippen molar-refractivity contribution in [1.29, 1.82) is 0 Å². The minimum atomic E-state index is -0.356. The first-order chi connectivity index (χ1) is 17.1. The zero-order chi connectivity index (χ0) is 24.6. The highest BCUT2D eigenvalue weighted by Crippen LogP contribution is 2.27. The molecule has 0 bridgehead atoms. The Labute approximate surface area is 212 Å². The number of allylic oxidation sites excluding steroid dienone is 1. The zero-order valence-corrected chi connectivity index (χ0v) is 21.0. The van der Waals surface area contributed by atoms with Gasteiger partial charge in [0.1, 0.15) is 11.5 Å². The van der Waals surface area contributed by atoms with Crippen LogP contribution in [-0.2, 0) is 11.3 Å². The summed E-state index contributed by atoms with van der Waals surface area (Å²) < 4.78 is 13.1. The summed E-state index contributed by atoms with van der Waals surface area (Å²) in [5.74, 6) is 2.10. The minimum absolute atomic E-state index is 0.166. The van der Waals surface area contributed by atoms with E-state index in [0.717, 1.165) is 17.0 Å². The van der Waals surface area contributed by atoms with E-state index in [1.165, 1.54) is 23.1 Å². The molecule has 0 saturated heterocycles. The standard InChI is InChI=1S/C25H25N5O3S2/c1-4-14-30-23(17(2)33-20-12-10-19(32-3)11-13-20)28-29-25(30)35-16-22(31)27-24-26-21(15-34-24)18-8-6-5-7-9-18/h4-13,15,17H,1,14,16H2,2-3H3,(H,26,27,31). The smallest absolute Gasteiger partial charge is 0.236 e. The second-order valence-electron chi connectivity index (χ2n) is 7.42. The van der Waals surface area contributed by atoms with E-state index in [0.29, 0.717) is 28.4 Å². The maximum Gasteiger partial charge on any atom is 0.236 e. The van der Waals surface area contributed by atoms with Gasteiger partial charge in [-0.3, -0.25) is 9.36 Å². The monoisotopic (exact) mass is 507 g/mol. The van der Waals surface area contributed by atoms with Gasteiger partial charge in [-0.05, 0) is 31.2 Å². The topological polar surface area (TPSA) is 91.2 Å². The van der Waals surface area contributed by atoms with Gasteiger partial charge in [-0.1, -0.05) is 48.2 Å². The molecule has 1 unspecified atom stereocenters. The van der Waals surface area contributed by atoms with Crippen molar-refractivity contribution >= 4 is 34.1 Å². The number of rotatable bonds is 11. The molecule has 8 nitrogen and oxygen atoms in total. The van der Waals surface area contributed by atoms with Gasteiger partial charge in [-0.2, -0.15) is 0 Å². The predicted molar refractivity (Wildman–Crippen MR) is 139 cm³/mol. The molecule has 35 heavy (non-hydrogen) atoms. The molecular formula is C25H25N5O3S2. The molecule has 4 rings (SSSR count). The van der Waals surface area contributed by atoms with Crippen LogP contribution in [-0.4, -0.2) is 38.5 Å². The van der Waals surface area contributed by atoms with Gasteiger partial charge in [0.05, 0.1) is 18.6 Å². The summed E-state index contributed by atoms with van der Waals surface area (Å²) in [4.78, 5) is 17.1. The second kappa shape index (κ2) is 11.7. The van der Waals surface area contributed by atoms with E-state index in [2.05, 4.69) is 27.1 Å². The van der Waals surface area contributed by atoms with E-state index in [9.17, 15) is 4.79 Å². The normalized spacial score (nSPS) is 11.6. The maximum atomic E-state index is 12.6. The Morgan fingerprint density at radius 3 is 2.63 bits per heavy atom. The highest BCUT2D eigenvalue weighted by molar-refractivity contribution is 7.99. The van der Waals surface area contributed by atoms with E-state index >= 15 is 0 Å². The van der Waals surface area contributed by atoms with Crippen molar-refractivity contribution in [3.8, 4) is 22.8 Å². The Morgan fingerprint density at radius 1 is 1.17 bits per heavy atom. The lowest BCUT2D eigenvalue weighted by Gasteiger charge is -2.16. The van der Waals surface area contributed by atoms with Crippen molar-refractivity contribution in [3.05, 3.63) is 78.5 Å². The van der Waals surface area contributed by atoms with Crippen LogP contribution < -0.4 is 14.8 Å². The van der Waals surface area contributed by atoms with Gasteiger partial charge in [-0.15, -0.1) is 28.1 Å². The Bertz CT molecular complexity index is 1270. The first kappa shape index (κ1) is 24.5.